The van der Waals surface area contributed by atoms with Crippen molar-refractivity contribution in [3.8, 4) is 0 Å². The average molecular weight is 353 g/mol. The van der Waals surface area contributed by atoms with Crippen LogP contribution in [0.25, 0.3) is 0 Å². The Balaban J connectivity index is 1.73. The maximum absolute atomic E-state index is 12.7. The van der Waals surface area contributed by atoms with Crippen molar-refractivity contribution in [2.75, 3.05) is 13.1 Å². The van der Waals surface area contributed by atoms with Crippen LogP contribution in [0.3, 0.4) is 0 Å². The number of amides is 3. The van der Waals surface area contributed by atoms with Gasteiger partial charge in [0.25, 0.3) is 5.91 Å². The lowest BCUT2D eigenvalue weighted by Crippen LogP contribution is -2.74. The summed E-state index contributed by atoms with van der Waals surface area (Å²) in [5.74, 6) is -0.537. The highest BCUT2D eigenvalue weighted by molar-refractivity contribution is 5.98. The molecule has 2 aliphatic rings. The molecule has 0 bridgehead atoms. The first-order valence-electron chi connectivity index (χ1n) is 7.88. The molecule has 1 spiro atoms. The maximum Gasteiger partial charge on any atom is 0.405 e. The molecule has 3 atom stereocenters. The van der Waals surface area contributed by atoms with Crippen LogP contribution in [0.5, 0.6) is 0 Å². The molecule has 3 amide bonds. The minimum atomic E-state index is -1.41. The minimum Gasteiger partial charge on any atom is -0.465 e. The molecule has 2 saturated heterocycles. The molecule has 11 nitrogen and oxygen atoms in total. The number of nitrogens with one attached hydrogen (secondary N) is 1. The van der Waals surface area contributed by atoms with Crippen LogP contribution in [0.4, 0.5) is 4.79 Å². The first kappa shape index (κ1) is 17.1. The Morgan fingerprint density at radius 2 is 2.28 bits per heavy atom. The number of carbonyl (C=O) groups excluding carboxylic acids is 2. The van der Waals surface area contributed by atoms with Crippen LogP contribution in [0.2, 0.25) is 0 Å². The van der Waals surface area contributed by atoms with Gasteiger partial charge in [-0.25, -0.2) is 4.79 Å². The predicted molar refractivity (Wildman–Crippen MR) is 80.0 cm³/mol. The molecule has 0 radical (unpaired) electrons. The van der Waals surface area contributed by atoms with Gasteiger partial charge in [0, 0.05) is 6.54 Å². The molecule has 2 fully saturated rings. The molecule has 2 aliphatic heterocycles. The topological polar surface area (TPSA) is 149 Å². The van der Waals surface area contributed by atoms with Gasteiger partial charge in [-0.15, -0.1) is 10.2 Å². The predicted octanol–water partition coefficient (Wildman–Crippen LogP) is -1.21. The zero-order chi connectivity index (χ0) is 18.2. The molecule has 1 aromatic rings. The summed E-state index contributed by atoms with van der Waals surface area (Å²) in [5, 5.41) is 27.9. The molecule has 1 aromatic heterocycles. The van der Waals surface area contributed by atoms with Gasteiger partial charge in [-0.1, -0.05) is 0 Å². The summed E-state index contributed by atoms with van der Waals surface area (Å²) < 4.78 is 5.02. The molecular weight excluding hydrogens is 334 g/mol. The molecule has 136 valence electrons. The highest BCUT2D eigenvalue weighted by Gasteiger charge is 2.60. The quantitative estimate of drug-likeness (QED) is 0.558. The van der Waals surface area contributed by atoms with Crippen LogP contribution < -0.4 is 5.32 Å². The van der Waals surface area contributed by atoms with E-state index in [0.717, 1.165) is 0 Å². The van der Waals surface area contributed by atoms with E-state index in [4.69, 9.17) is 9.52 Å². The first-order valence-corrected chi connectivity index (χ1v) is 7.88. The van der Waals surface area contributed by atoms with Crippen LogP contribution in [-0.4, -0.2) is 78.9 Å². The van der Waals surface area contributed by atoms with E-state index in [0.29, 0.717) is 31.8 Å². The zero-order valence-electron chi connectivity index (χ0n) is 13.6. The number of hydrogen-bond donors (Lipinski definition) is 3. The van der Waals surface area contributed by atoms with Crippen molar-refractivity contribution in [1.29, 1.82) is 0 Å². The third kappa shape index (κ3) is 2.90. The molecule has 3 heterocycles. The average Bonchev–Trinajstić information content (AvgIpc) is 3.21. The number of hydrogen-bond acceptors (Lipinski definition) is 7. The van der Waals surface area contributed by atoms with Crippen molar-refractivity contribution in [3.05, 3.63) is 12.3 Å². The van der Waals surface area contributed by atoms with Crippen molar-refractivity contribution in [3.63, 3.8) is 0 Å². The molecular formula is C14H19N5O6. The largest absolute Gasteiger partial charge is 0.465 e. The Morgan fingerprint density at radius 1 is 1.52 bits per heavy atom. The Kier molecular flexibility index (Phi) is 4.33. The summed E-state index contributed by atoms with van der Waals surface area (Å²) in [7, 11) is 0. The van der Waals surface area contributed by atoms with Gasteiger partial charge in [-0.05, 0) is 19.8 Å². The molecule has 3 rings (SSSR count). The van der Waals surface area contributed by atoms with E-state index in [1.807, 2.05) is 5.32 Å². The normalized spacial score (nSPS) is 25.0. The second-order valence-corrected chi connectivity index (χ2v) is 6.29. The summed E-state index contributed by atoms with van der Waals surface area (Å²) >= 11 is 0. The molecule has 0 aliphatic carbocycles. The van der Waals surface area contributed by atoms with E-state index in [-0.39, 0.29) is 12.5 Å². The van der Waals surface area contributed by atoms with E-state index in [2.05, 4.69) is 10.2 Å². The molecule has 0 aromatic carbocycles. The Labute approximate surface area is 142 Å². The van der Waals surface area contributed by atoms with Crippen molar-refractivity contribution in [1.82, 2.24) is 25.3 Å². The summed E-state index contributed by atoms with van der Waals surface area (Å²) in [6, 6.07) is -1.31. The number of aliphatic hydroxyl groups excluding tert-OH is 1. The van der Waals surface area contributed by atoms with Crippen LogP contribution in [0.1, 0.15) is 25.7 Å². The van der Waals surface area contributed by atoms with Crippen LogP contribution in [0, 0.1) is 0 Å². The van der Waals surface area contributed by atoms with Gasteiger partial charge in [0.15, 0.2) is 0 Å². The van der Waals surface area contributed by atoms with Gasteiger partial charge in [0.05, 0.1) is 19.2 Å². The van der Waals surface area contributed by atoms with Crippen LogP contribution in [0.15, 0.2) is 10.8 Å². The lowest BCUT2D eigenvalue weighted by atomic mass is 9.85. The fourth-order valence-corrected chi connectivity index (χ4v) is 3.49. The lowest BCUT2D eigenvalue weighted by Gasteiger charge is -2.51. The van der Waals surface area contributed by atoms with Gasteiger partial charge in [-0.2, -0.15) is 0 Å². The minimum absolute atomic E-state index is 0.163. The molecule has 3 unspecified atom stereocenters. The molecule has 11 heteroatoms. The number of aliphatic hydroxyl groups is 1. The van der Waals surface area contributed by atoms with Crippen molar-refractivity contribution in [2.24, 2.45) is 0 Å². The van der Waals surface area contributed by atoms with E-state index >= 15 is 0 Å². The summed E-state index contributed by atoms with van der Waals surface area (Å²) in [6.45, 7) is 2.13. The second-order valence-electron chi connectivity index (χ2n) is 6.29. The molecule has 25 heavy (non-hydrogen) atoms. The summed E-state index contributed by atoms with van der Waals surface area (Å²) in [6.07, 6.45) is -0.328. The standard InChI is InChI=1S/C14H19N5O6/c1-8(20)10(16-13(23)24)11(21)19-4-2-3-14(19)6-18(12(14)22)5-9-17-15-7-25-9/h7-8,10,16,20H,2-6H2,1H3,(H,23,24). The number of carbonyl (C=O) groups is 3. The number of aromatic nitrogens is 2. The van der Waals surface area contributed by atoms with E-state index < -0.39 is 29.7 Å². The number of carboxylic acid groups (broad SMARTS) is 1. The van der Waals surface area contributed by atoms with Gasteiger partial charge in [0.2, 0.25) is 18.2 Å². The Hall–Kier alpha value is -2.69. The highest BCUT2D eigenvalue weighted by atomic mass is 16.4. The number of rotatable bonds is 5. The van der Waals surface area contributed by atoms with Gasteiger partial charge < -0.3 is 29.7 Å². The smallest absolute Gasteiger partial charge is 0.405 e. The lowest BCUT2D eigenvalue weighted by molar-refractivity contribution is -0.170. The van der Waals surface area contributed by atoms with E-state index in [1.54, 1.807) is 0 Å². The highest BCUT2D eigenvalue weighted by Crippen LogP contribution is 2.40. The van der Waals surface area contributed by atoms with Gasteiger partial charge >= 0.3 is 6.09 Å². The third-order valence-corrected chi connectivity index (χ3v) is 4.65. The number of β-lactam (4-membered cyclic amide) rings is 1. The zero-order valence-corrected chi connectivity index (χ0v) is 13.6. The molecule has 3 N–H and O–H groups in total. The fraction of sp³-hybridized carbons (Fsp3) is 0.643. The number of likely N-dealkylation sites (tertiary alicyclic amines) is 2. The van der Waals surface area contributed by atoms with Gasteiger partial charge in [0.1, 0.15) is 11.6 Å². The van der Waals surface area contributed by atoms with Crippen LogP contribution in [-0.2, 0) is 16.1 Å². The first-order chi connectivity index (χ1) is 11.8. The second kappa shape index (κ2) is 6.31. The Morgan fingerprint density at radius 3 is 2.84 bits per heavy atom. The molecule has 0 saturated carbocycles. The monoisotopic (exact) mass is 353 g/mol. The van der Waals surface area contributed by atoms with Gasteiger partial charge in [-0.3, -0.25) is 9.59 Å². The Bertz CT molecular complexity index is 677. The SMILES string of the molecule is CC(O)C(NC(=O)O)C(=O)N1CCCC12CN(Cc1nnco1)C2=O. The maximum atomic E-state index is 12.7. The van der Waals surface area contributed by atoms with Crippen molar-refractivity contribution >= 4 is 17.9 Å². The van der Waals surface area contributed by atoms with Crippen LogP contribution >= 0.6 is 0 Å². The fourth-order valence-electron chi connectivity index (χ4n) is 3.49. The van der Waals surface area contributed by atoms with E-state index in [1.165, 1.54) is 23.1 Å². The van der Waals surface area contributed by atoms with Crippen molar-refractivity contribution < 1.29 is 29.0 Å². The third-order valence-electron chi connectivity index (χ3n) is 4.65. The van der Waals surface area contributed by atoms with E-state index in [9.17, 15) is 19.5 Å². The summed E-state index contributed by atoms with van der Waals surface area (Å²) in [4.78, 5) is 39.2. The number of nitrogens with zero attached hydrogens (tertiary/aromatic N) is 4. The van der Waals surface area contributed by atoms with Crippen molar-refractivity contribution in [2.45, 2.75) is 44.0 Å². The summed E-state index contributed by atoms with van der Waals surface area (Å²) in [5.41, 5.74) is -0.982.